The zero-order valence-electron chi connectivity index (χ0n) is 14.5. The van der Waals surface area contributed by atoms with Gasteiger partial charge in [-0.2, -0.15) is 0 Å². The van der Waals surface area contributed by atoms with Crippen LogP contribution < -0.4 is 21.6 Å². The molecule has 126 valence electrons. The molecular formula is C21H22N3P. The van der Waals surface area contributed by atoms with E-state index in [9.17, 15) is 0 Å². The summed E-state index contributed by atoms with van der Waals surface area (Å²) in [6.07, 6.45) is 0. The summed E-state index contributed by atoms with van der Waals surface area (Å²) in [5.74, 6) is 0.501. The van der Waals surface area contributed by atoms with Crippen molar-refractivity contribution in [2.75, 3.05) is 14.1 Å². The molecule has 3 nitrogen and oxygen atoms in total. The molecule has 0 aliphatic rings. The van der Waals surface area contributed by atoms with Gasteiger partial charge in [0.05, 0.1) is 5.69 Å². The van der Waals surface area contributed by atoms with Gasteiger partial charge in [0.1, 0.15) is 0 Å². The van der Waals surface area contributed by atoms with Gasteiger partial charge in [-0.1, -0.05) is 72.8 Å². The van der Waals surface area contributed by atoms with E-state index in [4.69, 9.17) is 5.73 Å². The molecule has 2 N–H and O–H groups in total. The van der Waals surface area contributed by atoms with Crippen molar-refractivity contribution < 1.29 is 0 Å². The monoisotopic (exact) mass is 347 g/mol. The highest BCUT2D eigenvalue weighted by atomic mass is 31.1. The van der Waals surface area contributed by atoms with Crippen LogP contribution in [0.1, 0.15) is 0 Å². The average molecular weight is 347 g/mol. The fraction of sp³-hybridized carbons (Fsp3) is 0.0952. The van der Waals surface area contributed by atoms with Crippen molar-refractivity contribution in [3.05, 3.63) is 84.9 Å². The summed E-state index contributed by atoms with van der Waals surface area (Å²) < 4.78 is 0. The number of hydrogen-bond acceptors (Lipinski definition) is 1. The summed E-state index contributed by atoms with van der Waals surface area (Å²) in [6, 6.07) is 29.7. The molecule has 3 aromatic carbocycles. The third kappa shape index (κ3) is 4.26. The summed E-state index contributed by atoms with van der Waals surface area (Å²) in [6.45, 7) is 0. The normalized spacial score (nSPS) is 11.6. The number of hydrogen-bond donors (Lipinski definition) is 1. The molecule has 3 aromatic rings. The summed E-state index contributed by atoms with van der Waals surface area (Å²) in [7, 11) is 3.19. The van der Waals surface area contributed by atoms with Crippen molar-refractivity contribution in [2.24, 2.45) is 10.7 Å². The largest absolute Gasteiger partial charge is 0.370 e. The maximum absolute atomic E-state index is 5.91. The minimum absolute atomic E-state index is 0.501. The van der Waals surface area contributed by atoms with Gasteiger partial charge in [-0.3, -0.25) is 0 Å². The summed E-state index contributed by atoms with van der Waals surface area (Å²) in [4.78, 5) is 6.23. The Kier molecular flexibility index (Phi) is 5.47. The van der Waals surface area contributed by atoms with Crippen molar-refractivity contribution in [1.82, 2.24) is 4.90 Å². The van der Waals surface area contributed by atoms with Crippen LogP contribution in [0.4, 0.5) is 5.69 Å². The van der Waals surface area contributed by atoms with Crippen LogP contribution in [0.2, 0.25) is 0 Å². The predicted molar refractivity (Wildman–Crippen MR) is 110 cm³/mol. The Bertz CT molecular complexity index is 789. The van der Waals surface area contributed by atoms with E-state index < -0.39 is 7.92 Å². The van der Waals surface area contributed by atoms with Gasteiger partial charge in [0.25, 0.3) is 0 Å². The fourth-order valence-electron chi connectivity index (χ4n) is 2.51. The molecule has 0 saturated carbocycles. The molecule has 0 radical (unpaired) electrons. The van der Waals surface area contributed by atoms with Crippen LogP contribution in [-0.4, -0.2) is 25.0 Å². The van der Waals surface area contributed by atoms with Crippen molar-refractivity contribution >= 4 is 35.5 Å². The first-order valence-corrected chi connectivity index (χ1v) is 9.51. The number of nitrogens with two attached hydrogens (primary N) is 1. The quantitative estimate of drug-likeness (QED) is 0.448. The summed E-state index contributed by atoms with van der Waals surface area (Å²) in [5, 5.41) is 3.98. The van der Waals surface area contributed by atoms with Crippen LogP contribution in [0.15, 0.2) is 89.9 Å². The maximum Gasteiger partial charge on any atom is 0.195 e. The van der Waals surface area contributed by atoms with Crippen LogP contribution in [0, 0.1) is 0 Å². The molecule has 0 amide bonds. The lowest BCUT2D eigenvalue weighted by molar-refractivity contribution is 0.615. The lowest BCUT2D eigenvalue weighted by Crippen LogP contribution is -2.29. The van der Waals surface area contributed by atoms with Crippen LogP contribution in [0.3, 0.4) is 0 Å². The molecule has 0 heterocycles. The Labute approximate surface area is 150 Å². The van der Waals surface area contributed by atoms with Crippen LogP contribution in [0.25, 0.3) is 0 Å². The molecule has 25 heavy (non-hydrogen) atoms. The average Bonchev–Trinajstić information content (AvgIpc) is 2.65. The number of guanidine groups is 1. The van der Waals surface area contributed by atoms with Crippen molar-refractivity contribution in [3.8, 4) is 0 Å². The standard InChI is InChI=1S/C21H22N3P/c1-24(2)21(22)23-17-13-15-20(16-14-17)25(18-9-5-3-6-10-18)19-11-7-4-8-12-19/h3-16H,1-2H3,(H2,22,23). The Morgan fingerprint density at radius 2 is 1.16 bits per heavy atom. The molecule has 0 saturated heterocycles. The van der Waals surface area contributed by atoms with Crippen LogP contribution in [0.5, 0.6) is 0 Å². The topological polar surface area (TPSA) is 41.6 Å². The smallest absolute Gasteiger partial charge is 0.195 e. The van der Waals surface area contributed by atoms with Crippen molar-refractivity contribution in [1.29, 1.82) is 0 Å². The highest BCUT2D eigenvalue weighted by Gasteiger charge is 2.15. The molecular weight excluding hydrogens is 325 g/mol. The van der Waals surface area contributed by atoms with Crippen LogP contribution in [-0.2, 0) is 0 Å². The predicted octanol–water partition coefficient (Wildman–Crippen LogP) is 2.95. The zero-order chi connectivity index (χ0) is 17.6. The van der Waals surface area contributed by atoms with E-state index in [0.29, 0.717) is 5.96 Å². The fourth-order valence-corrected chi connectivity index (χ4v) is 4.79. The molecule has 0 spiro atoms. The highest BCUT2D eigenvalue weighted by Crippen LogP contribution is 2.33. The molecule has 3 rings (SSSR count). The Balaban J connectivity index is 1.99. The lowest BCUT2D eigenvalue weighted by Gasteiger charge is -2.19. The van der Waals surface area contributed by atoms with E-state index in [0.717, 1.165) is 5.69 Å². The molecule has 0 unspecified atom stereocenters. The number of rotatable bonds is 4. The van der Waals surface area contributed by atoms with Crippen LogP contribution >= 0.6 is 7.92 Å². The first kappa shape index (κ1) is 17.2. The van der Waals surface area contributed by atoms with Gasteiger partial charge in [0.2, 0.25) is 0 Å². The lowest BCUT2D eigenvalue weighted by atomic mass is 10.3. The third-order valence-corrected chi connectivity index (χ3v) is 6.28. The SMILES string of the molecule is CN(C)C(N)=Nc1ccc(P(c2ccccc2)c2ccccc2)cc1. The van der Waals surface area contributed by atoms with Crippen molar-refractivity contribution in [3.63, 3.8) is 0 Å². The Morgan fingerprint density at radius 3 is 1.60 bits per heavy atom. The molecule has 0 aliphatic carbocycles. The summed E-state index contributed by atoms with van der Waals surface area (Å²) >= 11 is 0. The summed E-state index contributed by atoms with van der Waals surface area (Å²) in [5.41, 5.74) is 6.78. The van der Waals surface area contributed by atoms with Gasteiger partial charge in [-0.25, -0.2) is 4.99 Å². The van der Waals surface area contributed by atoms with Crippen molar-refractivity contribution in [2.45, 2.75) is 0 Å². The molecule has 4 heteroatoms. The first-order valence-electron chi connectivity index (χ1n) is 8.17. The van der Waals surface area contributed by atoms with E-state index in [1.165, 1.54) is 15.9 Å². The number of benzene rings is 3. The second kappa shape index (κ2) is 7.96. The van der Waals surface area contributed by atoms with Gasteiger partial charge in [0.15, 0.2) is 5.96 Å². The Morgan fingerprint density at radius 1 is 0.720 bits per heavy atom. The number of aliphatic imine (C=N–C) groups is 1. The zero-order valence-corrected chi connectivity index (χ0v) is 15.4. The molecule has 0 fully saturated rings. The molecule has 0 aliphatic heterocycles. The Hall–Kier alpha value is -2.64. The van der Waals surface area contributed by atoms with Gasteiger partial charge in [-0.05, 0) is 36.0 Å². The van der Waals surface area contributed by atoms with E-state index in [2.05, 4.69) is 77.8 Å². The van der Waals surface area contributed by atoms with E-state index >= 15 is 0 Å². The third-order valence-electron chi connectivity index (χ3n) is 3.84. The molecule has 0 aromatic heterocycles. The van der Waals surface area contributed by atoms with E-state index in [-0.39, 0.29) is 0 Å². The highest BCUT2D eigenvalue weighted by molar-refractivity contribution is 7.79. The molecule has 0 bridgehead atoms. The number of nitrogens with zero attached hydrogens (tertiary/aromatic N) is 2. The first-order chi connectivity index (χ1) is 12.1. The van der Waals surface area contributed by atoms with Gasteiger partial charge in [-0.15, -0.1) is 0 Å². The minimum atomic E-state index is -0.581. The second-order valence-corrected chi connectivity index (χ2v) is 8.11. The van der Waals surface area contributed by atoms with Gasteiger partial charge in [0, 0.05) is 14.1 Å². The minimum Gasteiger partial charge on any atom is -0.370 e. The van der Waals surface area contributed by atoms with E-state index in [1.54, 1.807) is 4.90 Å². The second-order valence-electron chi connectivity index (χ2n) is 5.89. The van der Waals surface area contributed by atoms with Gasteiger partial charge >= 0.3 is 0 Å². The molecule has 0 atom stereocenters. The van der Waals surface area contributed by atoms with Gasteiger partial charge < -0.3 is 10.6 Å². The van der Waals surface area contributed by atoms with E-state index in [1.807, 2.05) is 26.2 Å². The maximum atomic E-state index is 5.91.